The molecule has 108 valence electrons. The average molecular weight is 271 g/mol. The Balaban J connectivity index is 2.56. The molecule has 7 nitrogen and oxygen atoms in total. The van der Waals surface area contributed by atoms with E-state index in [0.717, 1.165) is 0 Å². The number of rotatable bonds is 3. The first-order valence-electron chi connectivity index (χ1n) is 6.23. The summed E-state index contributed by atoms with van der Waals surface area (Å²) >= 11 is 0. The van der Waals surface area contributed by atoms with Gasteiger partial charge in [-0.25, -0.2) is 4.79 Å². The van der Waals surface area contributed by atoms with Gasteiger partial charge in [-0.2, -0.15) is 0 Å². The molecule has 0 aromatic heterocycles. The first-order valence-corrected chi connectivity index (χ1v) is 6.23. The molecule has 3 amide bonds. The summed E-state index contributed by atoms with van der Waals surface area (Å²) < 4.78 is 0. The minimum Gasteiger partial charge on any atom is -0.481 e. The molecule has 3 atom stereocenters. The number of urea groups is 1. The van der Waals surface area contributed by atoms with Crippen LogP contribution < -0.4 is 5.32 Å². The number of aliphatic carboxylic acids is 1. The van der Waals surface area contributed by atoms with Gasteiger partial charge in [0.15, 0.2) is 0 Å². The molecule has 1 aliphatic rings. The molecule has 0 saturated carbocycles. The first-order chi connectivity index (χ1) is 8.73. The van der Waals surface area contributed by atoms with Crippen LogP contribution in [0.5, 0.6) is 0 Å². The zero-order chi connectivity index (χ0) is 14.7. The van der Waals surface area contributed by atoms with Gasteiger partial charge in [0.25, 0.3) is 0 Å². The SMILES string of the molecule is CC(NC(=O)N1CC(C)C(C(=O)O)C1)C(=O)N(C)C. The average Bonchev–Trinajstić information content (AvgIpc) is 2.70. The molecule has 0 spiro atoms. The van der Waals surface area contributed by atoms with Crippen LogP contribution in [0.2, 0.25) is 0 Å². The number of carbonyl (C=O) groups is 3. The Labute approximate surface area is 112 Å². The summed E-state index contributed by atoms with van der Waals surface area (Å²) in [6, 6.07) is -1.01. The second-order valence-electron chi connectivity index (χ2n) is 5.23. The van der Waals surface area contributed by atoms with E-state index >= 15 is 0 Å². The van der Waals surface area contributed by atoms with E-state index in [0.29, 0.717) is 6.54 Å². The lowest BCUT2D eigenvalue weighted by atomic mass is 9.99. The van der Waals surface area contributed by atoms with Gasteiger partial charge in [0.1, 0.15) is 6.04 Å². The number of likely N-dealkylation sites (N-methyl/N-ethyl adjacent to an activating group) is 1. The number of hydrogen-bond acceptors (Lipinski definition) is 3. The molecular weight excluding hydrogens is 250 g/mol. The van der Waals surface area contributed by atoms with Gasteiger partial charge in [0.05, 0.1) is 5.92 Å². The van der Waals surface area contributed by atoms with Crippen LogP contribution in [0.4, 0.5) is 4.79 Å². The minimum absolute atomic E-state index is 0.0805. The Morgan fingerprint density at radius 2 is 1.89 bits per heavy atom. The van der Waals surface area contributed by atoms with Gasteiger partial charge >= 0.3 is 12.0 Å². The third-order valence-corrected chi connectivity index (χ3v) is 3.37. The summed E-state index contributed by atoms with van der Waals surface area (Å²) in [4.78, 5) is 37.4. The summed E-state index contributed by atoms with van der Waals surface area (Å²) in [5.74, 6) is -1.70. The van der Waals surface area contributed by atoms with Crippen molar-refractivity contribution in [1.29, 1.82) is 0 Å². The molecule has 0 aromatic rings. The number of nitrogens with one attached hydrogen (secondary N) is 1. The van der Waals surface area contributed by atoms with Gasteiger partial charge in [-0.3, -0.25) is 9.59 Å². The summed E-state index contributed by atoms with van der Waals surface area (Å²) in [5.41, 5.74) is 0. The van der Waals surface area contributed by atoms with Gasteiger partial charge in [0.2, 0.25) is 5.91 Å². The topological polar surface area (TPSA) is 90.0 Å². The van der Waals surface area contributed by atoms with Crippen molar-refractivity contribution in [2.24, 2.45) is 11.8 Å². The lowest BCUT2D eigenvalue weighted by Crippen LogP contribution is -2.49. The normalized spacial score (nSPS) is 23.9. The van der Waals surface area contributed by atoms with E-state index < -0.39 is 24.0 Å². The van der Waals surface area contributed by atoms with Crippen molar-refractivity contribution in [2.45, 2.75) is 19.9 Å². The maximum atomic E-state index is 11.9. The molecule has 0 aliphatic carbocycles. The van der Waals surface area contributed by atoms with Crippen LogP contribution in [0.15, 0.2) is 0 Å². The molecule has 1 heterocycles. The molecule has 0 aromatic carbocycles. The van der Waals surface area contributed by atoms with Crippen LogP contribution in [-0.2, 0) is 9.59 Å². The van der Waals surface area contributed by atoms with Gasteiger partial charge in [0, 0.05) is 27.2 Å². The molecule has 1 saturated heterocycles. The second-order valence-corrected chi connectivity index (χ2v) is 5.23. The van der Waals surface area contributed by atoms with Crippen molar-refractivity contribution in [3.63, 3.8) is 0 Å². The number of carboxylic acids is 1. The summed E-state index contributed by atoms with van der Waals surface area (Å²) in [6.45, 7) is 3.99. The standard InChI is InChI=1S/C12H21N3O4/c1-7-5-15(6-9(7)11(17)18)12(19)13-8(2)10(16)14(3)4/h7-9H,5-6H2,1-4H3,(H,13,19)(H,17,18). The third kappa shape index (κ3) is 3.59. The van der Waals surface area contributed by atoms with Crippen molar-refractivity contribution in [2.75, 3.05) is 27.2 Å². The fraction of sp³-hybridized carbons (Fsp3) is 0.750. The lowest BCUT2D eigenvalue weighted by molar-refractivity contribution is -0.142. The Morgan fingerprint density at radius 1 is 1.32 bits per heavy atom. The highest BCUT2D eigenvalue weighted by molar-refractivity contribution is 5.86. The number of carboxylic acid groups (broad SMARTS) is 1. The number of nitrogens with zero attached hydrogens (tertiary/aromatic N) is 2. The number of likely N-dealkylation sites (tertiary alicyclic amines) is 1. The maximum absolute atomic E-state index is 11.9. The Bertz CT molecular complexity index is 383. The zero-order valence-electron chi connectivity index (χ0n) is 11.7. The van der Waals surface area contributed by atoms with Gasteiger partial charge < -0.3 is 20.2 Å². The molecule has 19 heavy (non-hydrogen) atoms. The molecular formula is C12H21N3O4. The molecule has 7 heteroatoms. The first kappa shape index (κ1) is 15.3. The van der Waals surface area contributed by atoms with Crippen LogP contribution in [-0.4, -0.2) is 66.0 Å². The number of hydrogen-bond donors (Lipinski definition) is 2. The van der Waals surface area contributed by atoms with Crippen molar-refractivity contribution in [3.8, 4) is 0 Å². The van der Waals surface area contributed by atoms with Crippen molar-refractivity contribution in [1.82, 2.24) is 15.1 Å². The Morgan fingerprint density at radius 3 is 2.32 bits per heavy atom. The van der Waals surface area contributed by atoms with Crippen LogP contribution in [0.25, 0.3) is 0 Å². The third-order valence-electron chi connectivity index (χ3n) is 3.37. The highest BCUT2D eigenvalue weighted by Crippen LogP contribution is 2.23. The highest BCUT2D eigenvalue weighted by Gasteiger charge is 2.37. The summed E-state index contributed by atoms with van der Waals surface area (Å²) in [7, 11) is 3.23. The van der Waals surface area contributed by atoms with Crippen LogP contribution in [0.1, 0.15) is 13.8 Å². The van der Waals surface area contributed by atoms with Crippen molar-refractivity contribution in [3.05, 3.63) is 0 Å². The summed E-state index contributed by atoms with van der Waals surface area (Å²) in [6.07, 6.45) is 0. The highest BCUT2D eigenvalue weighted by atomic mass is 16.4. The van der Waals surface area contributed by atoms with Gasteiger partial charge in [-0.1, -0.05) is 6.92 Å². The van der Waals surface area contributed by atoms with Crippen LogP contribution in [0.3, 0.4) is 0 Å². The molecule has 1 rings (SSSR count). The fourth-order valence-corrected chi connectivity index (χ4v) is 2.18. The van der Waals surface area contributed by atoms with E-state index in [1.807, 2.05) is 0 Å². The van der Waals surface area contributed by atoms with E-state index in [1.54, 1.807) is 27.9 Å². The largest absolute Gasteiger partial charge is 0.481 e. The summed E-state index contributed by atoms with van der Waals surface area (Å²) in [5, 5.41) is 11.6. The second kappa shape index (κ2) is 5.90. The zero-order valence-corrected chi connectivity index (χ0v) is 11.7. The molecule has 1 fully saturated rings. The predicted molar refractivity (Wildman–Crippen MR) is 68.6 cm³/mol. The fourth-order valence-electron chi connectivity index (χ4n) is 2.18. The Kier molecular flexibility index (Phi) is 4.74. The van der Waals surface area contributed by atoms with Crippen LogP contribution in [0, 0.1) is 11.8 Å². The van der Waals surface area contributed by atoms with E-state index in [4.69, 9.17) is 5.11 Å². The van der Waals surface area contributed by atoms with Crippen molar-refractivity contribution < 1.29 is 19.5 Å². The van der Waals surface area contributed by atoms with E-state index in [-0.39, 0.29) is 18.4 Å². The van der Waals surface area contributed by atoms with E-state index in [9.17, 15) is 14.4 Å². The molecule has 1 aliphatic heterocycles. The van der Waals surface area contributed by atoms with Gasteiger partial charge in [-0.05, 0) is 12.8 Å². The predicted octanol–water partition coefficient (Wildman–Crippen LogP) is -0.175. The molecule has 0 bridgehead atoms. The number of amides is 3. The molecule has 0 radical (unpaired) electrons. The quantitative estimate of drug-likeness (QED) is 0.745. The minimum atomic E-state index is -0.889. The van der Waals surface area contributed by atoms with Crippen molar-refractivity contribution >= 4 is 17.9 Å². The Hall–Kier alpha value is -1.79. The molecule has 3 unspecified atom stereocenters. The van der Waals surface area contributed by atoms with Gasteiger partial charge in [-0.15, -0.1) is 0 Å². The number of carbonyl (C=O) groups excluding carboxylic acids is 2. The van der Waals surface area contributed by atoms with E-state index in [2.05, 4.69) is 5.32 Å². The van der Waals surface area contributed by atoms with E-state index in [1.165, 1.54) is 9.80 Å². The lowest BCUT2D eigenvalue weighted by Gasteiger charge is -2.22. The molecule has 2 N–H and O–H groups in total. The monoisotopic (exact) mass is 271 g/mol. The smallest absolute Gasteiger partial charge is 0.318 e. The van der Waals surface area contributed by atoms with Crippen LogP contribution >= 0.6 is 0 Å². The maximum Gasteiger partial charge on any atom is 0.318 e.